The van der Waals surface area contributed by atoms with Gasteiger partial charge >= 0.3 is 0 Å². The maximum atomic E-state index is 3.28. The number of hydrogen-bond donors (Lipinski definition) is 1. The van der Waals surface area contributed by atoms with Crippen LogP contribution in [0.2, 0.25) is 0 Å². The summed E-state index contributed by atoms with van der Waals surface area (Å²) < 4.78 is 2.50. The number of unbranched alkanes of at least 4 members (excludes halogenated alkanes) is 13. The third kappa shape index (κ3) is 10.5. The Morgan fingerprint density at radius 2 is 1.41 bits per heavy atom. The lowest BCUT2D eigenvalue weighted by Gasteiger charge is -2.37. The molecule has 1 saturated carbocycles. The van der Waals surface area contributed by atoms with Crippen molar-refractivity contribution < 1.29 is 21.5 Å². The Bertz CT molecular complexity index is 473. The van der Waals surface area contributed by atoms with Crippen molar-refractivity contribution >= 4 is 0 Å². The second-order valence-electron chi connectivity index (χ2n) is 9.79. The first-order chi connectivity index (χ1) is 13.8. The molecule has 3 heteroatoms. The van der Waals surface area contributed by atoms with E-state index in [4.69, 9.17) is 0 Å². The second kappa shape index (κ2) is 16.4. The van der Waals surface area contributed by atoms with Crippen LogP contribution in [0.3, 0.4) is 0 Å². The van der Waals surface area contributed by atoms with Crippen LogP contribution in [0.15, 0.2) is 18.7 Å². The average Bonchev–Trinajstić information content (AvgIpc) is 3.24. The zero-order valence-corrected chi connectivity index (χ0v) is 21.2. The molecule has 1 aromatic rings. The van der Waals surface area contributed by atoms with E-state index in [0.717, 1.165) is 5.92 Å². The summed E-state index contributed by atoms with van der Waals surface area (Å²) >= 11 is 0. The van der Waals surface area contributed by atoms with Gasteiger partial charge in [-0.2, -0.15) is 0 Å². The Balaban J connectivity index is 0.00000420. The number of rotatable bonds is 16. The van der Waals surface area contributed by atoms with Crippen LogP contribution in [0.1, 0.15) is 136 Å². The summed E-state index contributed by atoms with van der Waals surface area (Å²) in [4.78, 5) is 3.28. The molecule has 2 nitrogen and oxygen atoms in total. The van der Waals surface area contributed by atoms with Crippen LogP contribution >= 0.6 is 0 Å². The lowest BCUT2D eigenvalue weighted by atomic mass is 9.73. The predicted octanol–water partition coefficient (Wildman–Crippen LogP) is 5.08. The molecule has 2 unspecified atom stereocenters. The van der Waals surface area contributed by atoms with Crippen LogP contribution in [-0.2, 0) is 5.54 Å². The van der Waals surface area contributed by atoms with Crippen molar-refractivity contribution in [2.75, 3.05) is 0 Å². The average molecular weight is 470 g/mol. The van der Waals surface area contributed by atoms with Crippen molar-refractivity contribution in [1.29, 1.82) is 0 Å². The lowest BCUT2D eigenvalue weighted by Crippen LogP contribution is -3.00. The van der Waals surface area contributed by atoms with Crippen molar-refractivity contribution in [1.82, 2.24) is 4.98 Å². The van der Waals surface area contributed by atoms with Crippen molar-refractivity contribution in [3.8, 4) is 0 Å². The number of H-pyrrole nitrogens is 1. The van der Waals surface area contributed by atoms with Crippen LogP contribution in [0.5, 0.6) is 0 Å². The summed E-state index contributed by atoms with van der Waals surface area (Å²) in [5.74, 6) is 0.878. The molecule has 0 aromatic carbocycles. The van der Waals surface area contributed by atoms with Gasteiger partial charge in [0.15, 0.2) is 0 Å². The summed E-state index contributed by atoms with van der Waals surface area (Å²) in [5.41, 5.74) is 0.398. The van der Waals surface area contributed by atoms with E-state index in [2.05, 4.69) is 42.1 Å². The van der Waals surface area contributed by atoms with Gasteiger partial charge in [0.2, 0.25) is 6.33 Å². The van der Waals surface area contributed by atoms with Gasteiger partial charge < -0.3 is 17.0 Å². The van der Waals surface area contributed by atoms with Gasteiger partial charge in [-0.1, -0.05) is 104 Å². The first-order valence-electron chi connectivity index (χ1n) is 12.8. The van der Waals surface area contributed by atoms with E-state index < -0.39 is 0 Å². The zero-order chi connectivity index (χ0) is 19.9. The highest BCUT2D eigenvalue weighted by atomic mass is 79.9. The number of hydrogen-bond acceptors (Lipinski definition) is 0. The number of nitrogens with one attached hydrogen (secondary N) is 1. The molecule has 0 saturated heterocycles. The highest BCUT2D eigenvalue weighted by molar-refractivity contribution is 4.82. The van der Waals surface area contributed by atoms with Crippen molar-refractivity contribution in [3.63, 3.8) is 0 Å². The van der Waals surface area contributed by atoms with Gasteiger partial charge in [-0.3, -0.25) is 4.98 Å². The molecule has 0 radical (unpaired) electrons. The maximum Gasteiger partial charge on any atom is 0.241 e. The number of halogens is 1. The molecule has 0 amide bonds. The predicted molar refractivity (Wildman–Crippen MR) is 122 cm³/mol. The summed E-state index contributed by atoms with van der Waals surface area (Å²) in [6, 6.07) is 0. The van der Waals surface area contributed by atoms with E-state index in [9.17, 15) is 0 Å². The number of aromatic amines is 1. The van der Waals surface area contributed by atoms with Gasteiger partial charge in [0.05, 0.1) is 0 Å². The molecule has 170 valence electrons. The summed E-state index contributed by atoms with van der Waals surface area (Å²) in [6.45, 7) is 4.75. The Labute approximate surface area is 192 Å². The van der Waals surface area contributed by atoms with Crippen LogP contribution in [0.4, 0.5) is 0 Å². The molecule has 1 fully saturated rings. The normalized spacial score (nSPS) is 21.8. The topological polar surface area (TPSA) is 19.7 Å². The molecule has 0 spiro atoms. The van der Waals surface area contributed by atoms with E-state index >= 15 is 0 Å². The smallest absolute Gasteiger partial charge is 0.241 e. The van der Waals surface area contributed by atoms with E-state index in [1.165, 1.54) is 122 Å². The fourth-order valence-electron chi connectivity index (χ4n) is 5.46. The van der Waals surface area contributed by atoms with Gasteiger partial charge in [0.1, 0.15) is 17.9 Å². The molecule has 1 heterocycles. The van der Waals surface area contributed by atoms with Crippen molar-refractivity contribution in [2.45, 2.75) is 141 Å². The molecule has 2 atom stereocenters. The van der Waals surface area contributed by atoms with Crippen LogP contribution in [0, 0.1) is 5.92 Å². The third-order valence-electron chi connectivity index (χ3n) is 7.16. The van der Waals surface area contributed by atoms with E-state index in [1.807, 2.05) is 0 Å². The van der Waals surface area contributed by atoms with E-state index in [-0.39, 0.29) is 17.0 Å². The van der Waals surface area contributed by atoms with Crippen LogP contribution in [-0.4, -0.2) is 4.98 Å². The number of imidazole rings is 1. The highest BCUT2D eigenvalue weighted by Gasteiger charge is 2.39. The zero-order valence-electron chi connectivity index (χ0n) is 19.6. The van der Waals surface area contributed by atoms with Gasteiger partial charge in [-0.15, -0.1) is 0 Å². The highest BCUT2D eigenvalue weighted by Crippen LogP contribution is 2.38. The minimum absolute atomic E-state index is 0. The maximum absolute atomic E-state index is 3.28. The van der Waals surface area contributed by atoms with Gasteiger partial charge in [-0.25, -0.2) is 4.57 Å². The summed E-state index contributed by atoms with van der Waals surface area (Å²) in [6.07, 6.45) is 33.8. The quantitative estimate of drug-likeness (QED) is 0.257. The van der Waals surface area contributed by atoms with Crippen LogP contribution in [0.25, 0.3) is 0 Å². The van der Waals surface area contributed by atoms with Crippen molar-refractivity contribution in [2.24, 2.45) is 5.92 Å². The molecule has 0 aliphatic heterocycles. The monoisotopic (exact) mass is 468 g/mol. The van der Waals surface area contributed by atoms with E-state index in [1.54, 1.807) is 0 Å². The van der Waals surface area contributed by atoms with Gasteiger partial charge in [-0.05, 0) is 38.0 Å². The lowest BCUT2D eigenvalue weighted by molar-refractivity contribution is -0.769. The van der Waals surface area contributed by atoms with Crippen LogP contribution < -0.4 is 21.5 Å². The second-order valence-corrected chi connectivity index (χ2v) is 9.79. The fourth-order valence-corrected chi connectivity index (χ4v) is 5.46. The summed E-state index contributed by atoms with van der Waals surface area (Å²) in [7, 11) is 0. The standard InChI is InChI=1S/C26H48N2.BrH/c1-3-4-5-6-7-8-9-10-11-12-13-14-15-16-19-26(28-22-21-27-24-28)20-17-18-25(2)23-26;/h21-22,24-25H,3-20,23H2,1-2H3;1H. The molecule has 1 N–H and O–H groups in total. The Morgan fingerprint density at radius 1 is 0.862 bits per heavy atom. The number of aromatic nitrogens is 2. The fraction of sp³-hybridized carbons (Fsp3) is 0.885. The minimum Gasteiger partial charge on any atom is -1.00 e. The first kappa shape index (κ1) is 26.7. The molecular weight excluding hydrogens is 420 g/mol. The van der Waals surface area contributed by atoms with Gasteiger partial charge in [0, 0.05) is 0 Å². The molecule has 1 aliphatic carbocycles. The minimum atomic E-state index is 0. The Kier molecular flexibility index (Phi) is 15.1. The van der Waals surface area contributed by atoms with Crippen molar-refractivity contribution in [3.05, 3.63) is 18.7 Å². The number of nitrogens with zero attached hydrogens (tertiary/aromatic N) is 1. The third-order valence-corrected chi connectivity index (χ3v) is 7.16. The largest absolute Gasteiger partial charge is 1.00 e. The molecular formula is C26H49BrN2. The Hall–Kier alpha value is -0.310. The molecule has 1 aromatic heterocycles. The first-order valence-corrected chi connectivity index (χ1v) is 12.8. The Morgan fingerprint density at radius 3 is 1.90 bits per heavy atom. The molecule has 29 heavy (non-hydrogen) atoms. The van der Waals surface area contributed by atoms with E-state index in [0.29, 0.717) is 5.54 Å². The molecule has 2 rings (SSSR count). The summed E-state index contributed by atoms with van der Waals surface area (Å²) in [5, 5.41) is 0. The molecule has 0 bridgehead atoms. The SMILES string of the molecule is CCCCCCCCCCCCCCCCC1([n+]2cc[nH]c2)CCCC(C)C1.[Br-]. The molecule has 1 aliphatic rings. The van der Waals surface area contributed by atoms with Gasteiger partial charge in [0.25, 0.3) is 0 Å².